The summed E-state index contributed by atoms with van der Waals surface area (Å²) in [6.45, 7) is 7.96. The fourth-order valence-electron chi connectivity index (χ4n) is 9.35. The highest BCUT2D eigenvalue weighted by Crippen LogP contribution is 2.68. The number of aliphatic hydroxyl groups excluding tert-OH is 3. The van der Waals surface area contributed by atoms with Gasteiger partial charge in [0.25, 0.3) is 0 Å². The maximum absolute atomic E-state index is 12.6. The Bertz CT molecular complexity index is 915. The van der Waals surface area contributed by atoms with Gasteiger partial charge in [-0.15, -0.1) is 0 Å². The second kappa shape index (κ2) is 11.4. The zero-order valence-corrected chi connectivity index (χ0v) is 24.1. The van der Waals surface area contributed by atoms with E-state index < -0.39 is 30.1 Å². The van der Waals surface area contributed by atoms with Crippen LogP contribution >= 0.6 is 11.8 Å². The van der Waals surface area contributed by atoms with Gasteiger partial charge in [0.1, 0.15) is 6.04 Å². The minimum Gasteiger partial charge on any atom is -0.480 e. The normalized spacial score (nSPS) is 43.8. The summed E-state index contributed by atoms with van der Waals surface area (Å²) in [5.74, 6) is -0.179. The number of carboxylic acid groups (broad SMARTS) is 1. The van der Waals surface area contributed by atoms with Crippen LogP contribution in [0.4, 0.5) is 0 Å². The molecule has 12 atom stereocenters. The van der Waals surface area contributed by atoms with Gasteiger partial charge >= 0.3 is 5.97 Å². The first-order valence-corrected chi connectivity index (χ1v) is 15.5. The Kier molecular flexibility index (Phi) is 8.93. The lowest BCUT2D eigenvalue weighted by molar-refractivity contribution is -0.207. The first kappa shape index (κ1) is 29.8. The summed E-state index contributed by atoms with van der Waals surface area (Å²) in [5, 5.41) is 44.9. The largest absolute Gasteiger partial charge is 0.480 e. The summed E-state index contributed by atoms with van der Waals surface area (Å²) in [6, 6.07) is -1.09. The Balaban J connectivity index is 1.40. The molecule has 4 aliphatic rings. The summed E-state index contributed by atoms with van der Waals surface area (Å²) in [4.78, 5) is 35.1. The van der Waals surface area contributed by atoms with Crippen LogP contribution in [0.15, 0.2) is 0 Å². The molecule has 216 valence electrons. The second-order valence-electron chi connectivity index (χ2n) is 13.3. The molecule has 4 rings (SSSR count). The third-order valence-electron chi connectivity index (χ3n) is 11.4. The molecule has 0 aromatic rings. The lowest BCUT2D eigenvalue weighted by Crippen LogP contribution is -2.62. The Hall–Kier alpha value is -1.16. The van der Waals surface area contributed by atoms with Crippen molar-refractivity contribution >= 4 is 28.8 Å². The monoisotopic (exact) mass is 553 g/mol. The van der Waals surface area contributed by atoms with Crippen molar-refractivity contribution in [2.45, 2.75) is 110 Å². The zero-order valence-electron chi connectivity index (χ0n) is 23.3. The van der Waals surface area contributed by atoms with Crippen LogP contribution < -0.4 is 5.32 Å². The van der Waals surface area contributed by atoms with Gasteiger partial charge in [-0.2, -0.15) is 0 Å². The van der Waals surface area contributed by atoms with Crippen molar-refractivity contribution in [1.82, 2.24) is 5.32 Å². The van der Waals surface area contributed by atoms with E-state index in [9.17, 15) is 34.8 Å². The molecule has 5 N–H and O–H groups in total. The molecule has 0 aromatic heterocycles. The quantitative estimate of drug-likeness (QED) is 0.308. The third-order valence-corrected chi connectivity index (χ3v) is 12.4. The Morgan fingerprint density at radius 3 is 2.39 bits per heavy atom. The van der Waals surface area contributed by atoms with E-state index in [1.165, 1.54) is 6.92 Å². The van der Waals surface area contributed by atoms with Gasteiger partial charge in [-0.3, -0.25) is 9.59 Å². The van der Waals surface area contributed by atoms with E-state index in [1.54, 1.807) is 0 Å². The number of nitrogens with one attached hydrogen (secondary N) is 1. The van der Waals surface area contributed by atoms with E-state index in [0.29, 0.717) is 25.2 Å². The van der Waals surface area contributed by atoms with Gasteiger partial charge < -0.3 is 25.7 Å². The van der Waals surface area contributed by atoms with E-state index in [4.69, 9.17) is 0 Å². The molecule has 38 heavy (non-hydrogen) atoms. The maximum Gasteiger partial charge on any atom is 0.327 e. The number of carbonyl (C=O) groups excluding carboxylic acids is 2. The van der Waals surface area contributed by atoms with Crippen molar-refractivity contribution in [3.63, 3.8) is 0 Å². The third kappa shape index (κ3) is 5.41. The standard InChI is InChI=1S/C29H47NO7S/c1-15(5-8-25(35)38-14-22(27(36)37)30-16(2)31)19-6-7-20-26-21(13-24(34)29(19,20)4)28(3)10-9-18(32)11-17(28)12-23(26)33/h15,17-24,26,32-34H,5-14H2,1-4H3,(H,30,31)(H,36,37). The smallest absolute Gasteiger partial charge is 0.327 e. The van der Waals surface area contributed by atoms with E-state index in [0.717, 1.165) is 50.3 Å². The van der Waals surface area contributed by atoms with Gasteiger partial charge in [0.15, 0.2) is 5.12 Å². The fourth-order valence-corrected chi connectivity index (χ4v) is 10.2. The Labute approximate surface area is 230 Å². The van der Waals surface area contributed by atoms with Gasteiger partial charge in [0.2, 0.25) is 5.91 Å². The summed E-state index contributed by atoms with van der Waals surface area (Å²) < 4.78 is 0. The molecule has 4 aliphatic carbocycles. The average molecular weight is 554 g/mol. The van der Waals surface area contributed by atoms with Crippen LogP contribution in [0.3, 0.4) is 0 Å². The number of aliphatic hydroxyl groups is 3. The summed E-state index contributed by atoms with van der Waals surface area (Å²) in [7, 11) is 0. The molecule has 0 aromatic carbocycles. The van der Waals surface area contributed by atoms with E-state index in [-0.39, 0.29) is 57.4 Å². The average Bonchev–Trinajstić information content (AvgIpc) is 3.20. The molecular weight excluding hydrogens is 506 g/mol. The molecule has 9 heteroatoms. The summed E-state index contributed by atoms with van der Waals surface area (Å²) in [5.41, 5.74) is -0.265. The highest BCUT2D eigenvalue weighted by molar-refractivity contribution is 8.13. The van der Waals surface area contributed by atoms with Crippen molar-refractivity contribution in [2.24, 2.45) is 46.3 Å². The fraction of sp³-hybridized carbons (Fsp3) is 0.897. The van der Waals surface area contributed by atoms with E-state index >= 15 is 0 Å². The molecule has 0 heterocycles. The van der Waals surface area contributed by atoms with Crippen molar-refractivity contribution < 1.29 is 34.8 Å². The second-order valence-corrected chi connectivity index (χ2v) is 14.4. The minimum atomic E-state index is -1.15. The molecule has 1 amide bonds. The van der Waals surface area contributed by atoms with Crippen molar-refractivity contribution in [3.05, 3.63) is 0 Å². The molecule has 0 saturated heterocycles. The van der Waals surface area contributed by atoms with Crippen LogP contribution in [-0.4, -0.2) is 67.5 Å². The SMILES string of the molecule is CC(=O)NC(CSC(=O)CCC(C)C1CCC2C3C(O)CC4CC(O)CCC4(C)C3CC(O)C12C)C(=O)O. The molecule has 0 spiro atoms. The molecule has 0 bridgehead atoms. The van der Waals surface area contributed by atoms with Gasteiger partial charge in [0, 0.05) is 19.1 Å². The number of aliphatic carboxylic acids is 1. The highest BCUT2D eigenvalue weighted by Gasteiger charge is 2.65. The Morgan fingerprint density at radius 1 is 1.03 bits per heavy atom. The molecule has 0 aliphatic heterocycles. The molecule has 12 unspecified atom stereocenters. The number of thioether (sulfide) groups is 1. The van der Waals surface area contributed by atoms with Crippen molar-refractivity contribution in [2.75, 3.05) is 5.75 Å². The Morgan fingerprint density at radius 2 is 1.74 bits per heavy atom. The summed E-state index contributed by atoms with van der Waals surface area (Å²) >= 11 is 0.952. The molecule has 0 radical (unpaired) electrons. The predicted octanol–water partition coefficient (Wildman–Crippen LogP) is 3.21. The van der Waals surface area contributed by atoms with Crippen LogP contribution in [-0.2, 0) is 14.4 Å². The summed E-state index contributed by atoms with van der Waals surface area (Å²) in [6.07, 6.45) is 5.71. The van der Waals surface area contributed by atoms with Crippen LogP contribution in [0.2, 0.25) is 0 Å². The first-order chi connectivity index (χ1) is 17.8. The van der Waals surface area contributed by atoms with E-state index in [2.05, 4.69) is 26.1 Å². The zero-order chi connectivity index (χ0) is 28.0. The van der Waals surface area contributed by atoms with Gasteiger partial charge in [-0.25, -0.2) is 4.79 Å². The number of carbonyl (C=O) groups is 3. The maximum atomic E-state index is 12.6. The van der Waals surface area contributed by atoms with Crippen molar-refractivity contribution in [3.8, 4) is 0 Å². The van der Waals surface area contributed by atoms with Gasteiger partial charge in [-0.05, 0) is 97.7 Å². The van der Waals surface area contributed by atoms with Crippen molar-refractivity contribution in [1.29, 1.82) is 0 Å². The van der Waals surface area contributed by atoms with Gasteiger partial charge in [0.05, 0.1) is 18.3 Å². The van der Waals surface area contributed by atoms with Crippen LogP contribution in [0.5, 0.6) is 0 Å². The van der Waals surface area contributed by atoms with Crippen LogP contribution in [0.25, 0.3) is 0 Å². The number of carboxylic acids is 1. The van der Waals surface area contributed by atoms with Crippen LogP contribution in [0, 0.1) is 46.3 Å². The topological polar surface area (TPSA) is 144 Å². The van der Waals surface area contributed by atoms with Gasteiger partial charge in [-0.1, -0.05) is 32.5 Å². The minimum absolute atomic E-state index is 0.00179. The van der Waals surface area contributed by atoms with Crippen LogP contribution in [0.1, 0.15) is 85.5 Å². The number of hydrogen-bond acceptors (Lipinski definition) is 7. The lowest BCUT2D eigenvalue weighted by atomic mass is 9.43. The number of hydrogen-bond donors (Lipinski definition) is 5. The lowest BCUT2D eigenvalue weighted by Gasteiger charge is -2.63. The number of fused-ring (bicyclic) bond motifs is 5. The first-order valence-electron chi connectivity index (χ1n) is 14.5. The molecule has 8 nitrogen and oxygen atoms in total. The number of rotatable bonds is 8. The highest BCUT2D eigenvalue weighted by atomic mass is 32.2. The molecule has 4 saturated carbocycles. The predicted molar refractivity (Wildman–Crippen MR) is 145 cm³/mol. The van der Waals surface area contributed by atoms with E-state index in [1.807, 2.05) is 0 Å². The molecule has 4 fully saturated rings. The number of amides is 1. The molecular formula is C29H47NO7S.